The van der Waals surface area contributed by atoms with Crippen LogP contribution < -0.4 is 0 Å². The van der Waals surface area contributed by atoms with Crippen LogP contribution in [0.5, 0.6) is 0 Å². The Morgan fingerprint density at radius 3 is 1.59 bits per heavy atom. The van der Waals surface area contributed by atoms with Crippen LogP contribution >= 0.6 is 0 Å². The molecular formula is C12H10F6O4. The van der Waals surface area contributed by atoms with E-state index in [0.717, 1.165) is 0 Å². The molecule has 0 unspecified atom stereocenters. The van der Waals surface area contributed by atoms with Gasteiger partial charge in [0.1, 0.15) is 0 Å². The van der Waals surface area contributed by atoms with Gasteiger partial charge >= 0.3 is 23.9 Å². The van der Waals surface area contributed by atoms with Gasteiger partial charge < -0.3 is 4.42 Å². The molecule has 124 valence electrons. The Hall–Kier alpha value is -2.13. The molecule has 0 amide bonds. The highest BCUT2D eigenvalue weighted by Gasteiger charge is 2.54. The molecule has 0 radical (unpaired) electrons. The van der Waals surface area contributed by atoms with Crippen LogP contribution in [-0.2, 0) is 9.59 Å². The number of carbonyl (C=O) groups is 3. The number of furan rings is 1. The van der Waals surface area contributed by atoms with Crippen molar-refractivity contribution in [3.63, 3.8) is 0 Å². The second kappa shape index (κ2) is 7.23. The molecule has 1 heterocycles. The minimum atomic E-state index is -5.77. The number of alkyl halides is 6. The number of Topliss-reactive ketones (excluding diaryl/α,β-unsaturated/α-hetero) is 3. The molecule has 0 fully saturated rings. The van der Waals surface area contributed by atoms with Crippen molar-refractivity contribution in [3.05, 3.63) is 24.2 Å². The molecule has 0 saturated heterocycles. The average Bonchev–Trinajstić information content (AvgIpc) is 2.88. The third-order valence-corrected chi connectivity index (χ3v) is 2.01. The SMILES string of the molecule is CC(C)C(=O)c1ccco1.O=C(C(=O)C(F)(F)F)C(F)(F)F. The lowest BCUT2D eigenvalue weighted by Gasteiger charge is -2.05. The molecular weight excluding hydrogens is 322 g/mol. The fourth-order valence-corrected chi connectivity index (χ4v) is 0.961. The largest absolute Gasteiger partial charge is 0.461 e. The maximum Gasteiger partial charge on any atom is 0.458 e. The van der Waals surface area contributed by atoms with Crippen LogP contribution in [0.3, 0.4) is 0 Å². The zero-order valence-electron chi connectivity index (χ0n) is 11.2. The quantitative estimate of drug-likeness (QED) is 0.484. The molecule has 0 aliphatic heterocycles. The molecule has 10 heteroatoms. The third-order valence-electron chi connectivity index (χ3n) is 2.01. The molecule has 1 aromatic rings. The van der Waals surface area contributed by atoms with Gasteiger partial charge in [-0.3, -0.25) is 14.4 Å². The number of hydrogen-bond acceptors (Lipinski definition) is 4. The van der Waals surface area contributed by atoms with Crippen molar-refractivity contribution in [1.82, 2.24) is 0 Å². The topological polar surface area (TPSA) is 64.3 Å². The van der Waals surface area contributed by atoms with E-state index in [4.69, 9.17) is 4.42 Å². The molecule has 1 rings (SSSR count). The summed E-state index contributed by atoms with van der Waals surface area (Å²) in [7, 11) is 0. The van der Waals surface area contributed by atoms with Gasteiger partial charge in [-0.05, 0) is 12.1 Å². The van der Waals surface area contributed by atoms with Gasteiger partial charge in [-0.2, -0.15) is 26.3 Å². The van der Waals surface area contributed by atoms with Gasteiger partial charge in [-0.15, -0.1) is 0 Å². The Bertz CT molecular complexity index is 501. The van der Waals surface area contributed by atoms with Crippen molar-refractivity contribution in [2.45, 2.75) is 26.2 Å². The number of carbonyl (C=O) groups excluding carboxylic acids is 3. The van der Waals surface area contributed by atoms with Crippen molar-refractivity contribution < 1.29 is 45.1 Å². The van der Waals surface area contributed by atoms with E-state index < -0.39 is 23.9 Å². The summed E-state index contributed by atoms with van der Waals surface area (Å²) in [6.07, 6.45) is -10.0. The first-order chi connectivity index (χ1) is 9.78. The summed E-state index contributed by atoms with van der Waals surface area (Å²) < 4.78 is 71.9. The van der Waals surface area contributed by atoms with Gasteiger partial charge in [0.05, 0.1) is 6.26 Å². The summed E-state index contributed by atoms with van der Waals surface area (Å²) in [6.45, 7) is 3.70. The first-order valence-electron chi connectivity index (χ1n) is 5.58. The lowest BCUT2D eigenvalue weighted by molar-refractivity contribution is -0.193. The van der Waals surface area contributed by atoms with Gasteiger partial charge in [-0.1, -0.05) is 13.8 Å². The van der Waals surface area contributed by atoms with Crippen LogP contribution in [0.1, 0.15) is 24.4 Å². The van der Waals surface area contributed by atoms with E-state index in [0.29, 0.717) is 5.76 Å². The van der Waals surface area contributed by atoms with Crippen LogP contribution in [0.2, 0.25) is 0 Å². The Morgan fingerprint density at radius 1 is 0.955 bits per heavy atom. The minimum Gasteiger partial charge on any atom is -0.461 e. The number of hydrogen-bond donors (Lipinski definition) is 0. The van der Waals surface area contributed by atoms with Gasteiger partial charge in [0, 0.05) is 5.92 Å². The Kier molecular flexibility index (Phi) is 6.53. The molecule has 0 N–H and O–H groups in total. The van der Waals surface area contributed by atoms with E-state index in [1.807, 2.05) is 13.8 Å². The maximum absolute atomic E-state index is 11.2. The highest BCUT2D eigenvalue weighted by atomic mass is 19.4. The molecule has 0 aromatic carbocycles. The van der Waals surface area contributed by atoms with Gasteiger partial charge in [0.25, 0.3) is 0 Å². The van der Waals surface area contributed by atoms with E-state index >= 15 is 0 Å². The molecule has 0 bridgehead atoms. The van der Waals surface area contributed by atoms with E-state index in [2.05, 4.69) is 0 Å². The lowest BCUT2D eigenvalue weighted by atomic mass is 10.1. The molecule has 0 atom stereocenters. The smallest absolute Gasteiger partial charge is 0.458 e. The van der Waals surface area contributed by atoms with Gasteiger partial charge in [0.2, 0.25) is 0 Å². The van der Waals surface area contributed by atoms with Crippen LogP contribution in [0.4, 0.5) is 26.3 Å². The molecule has 22 heavy (non-hydrogen) atoms. The van der Waals surface area contributed by atoms with E-state index in [-0.39, 0.29) is 11.7 Å². The summed E-state index contributed by atoms with van der Waals surface area (Å²) in [5, 5.41) is 0. The molecule has 1 aromatic heterocycles. The summed E-state index contributed by atoms with van der Waals surface area (Å²) in [6, 6.07) is 3.40. The molecule has 4 nitrogen and oxygen atoms in total. The first kappa shape index (κ1) is 19.9. The van der Waals surface area contributed by atoms with Gasteiger partial charge in [0.15, 0.2) is 11.5 Å². The van der Waals surface area contributed by atoms with Gasteiger partial charge in [-0.25, -0.2) is 0 Å². The van der Waals surface area contributed by atoms with E-state index in [1.54, 1.807) is 12.1 Å². The number of ketones is 3. The van der Waals surface area contributed by atoms with Crippen molar-refractivity contribution in [1.29, 1.82) is 0 Å². The lowest BCUT2D eigenvalue weighted by Crippen LogP contribution is -2.39. The predicted octanol–water partition coefficient (Wildman–Crippen LogP) is 3.37. The number of halogens is 6. The van der Waals surface area contributed by atoms with Crippen LogP contribution in [-0.4, -0.2) is 29.7 Å². The summed E-state index contributed by atoms with van der Waals surface area (Å²) in [5.41, 5.74) is 0. The Morgan fingerprint density at radius 2 is 1.36 bits per heavy atom. The van der Waals surface area contributed by atoms with E-state index in [1.165, 1.54) is 6.26 Å². The average molecular weight is 332 g/mol. The molecule has 0 aliphatic rings. The Labute approximate surface area is 120 Å². The normalized spacial score (nSPS) is 11.7. The molecule has 0 spiro atoms. The summed E-state index contributed by atoms with van der Waals surface area (Å²) in [4.78, 5) is 30.3. The monoisotopic (exact) mass is 332 g/mol. The zero-order valence-corrected chi connectivity index (χ0v) is 11.2. The summed E-state index contributed by atoms with van der Waals surface area (Å²) >= 11 is 0. The fourth-order valence-electron chi connectivity index (χ4n) is 0.961. The van der Waals surface area contributed by atoms with Crippen molar-refractivity contribution in [2.75, 3.05) is 0 Å². The van der Waals surface area contributed by atoms with Crippen LogP contribution in [0, 0.1) is 5.92 Å². The first-order valence-corrected chi connectivity index (χ1v) is 5.58. The minimum absolute atomic E-state index is 0.0196. The van der Waals surface area contributed by atoms with Crippen LogP contribution in [0.25, 0.3) is 0 Å². The van der Waals surface area contributed by atoms with E-state index in [9.17, 15) is 40.7 Å². The standard InChI is InChI=1S/C8H10O2.C4F6O2/c1-6(2)8(9)7-4-3-5-10-7;5-3(6,7)1(11)2(12)4(8,9)10/h3-6H,1-2H3;. The van der Waals surface area contributed by atoms with Crippen LogP contribution in [0.15, 0.2) is 22.8 Å². The summed E-state index contributed by atoms with van der Waals surface area (Å²) in [5.74, 6) is -6.28. The zero-order chi connectivity index (χ0) is 17.7. The highest BCUT2D eigenvalue weighted by molar-refractivity contribution is 6.41. The third kappa shape index (κ3) is 6.10. The fraction of sp³-hybridized carbons (Fsp3) is 0.417. The number of rotatable bonds is 3. The Balaban J connectivity index is 0.000000406. The molecule has 0 aliphatic carbocycles. The van der Waals surface area contributed by atoms with Crippen molar-refractivity contribution >= 4 is 17.3 Å². The highest BCUT2D eigenvalue weighted by Crippen LogP contribution is 2.23. The second-order valence-corrected chi connectivity index (χ2v) is 4.15. The second-order valence-electron chi connectivity index (χ2n) is 4.15. The maximum atomic E-state index is 11.2. The predicted molar refractivity (Wildman–Crippen MR) is 60.0 cm³/mol. The molecule has 0 saturated carbocycles. The van der Waals surface area contributed by atoms with Crippen molar-refractivity contribution in [3.8, 4) is 0 Å². The van der Waals surface area contributed by atoms with Crippen molar-refractivity contribution in [2.24, 2.45) is 5.92 Å².